The van der Waals surface area contributed by atoms with Gasteiger partial charge in [-0.1, -0.05) is 62.2 Å². The number of rotatable bonds is 4. The SMILES string of the molecule is CC(C)(C)C(=O)COC(=O)c1cc(-c2ccc(Cl)cc2Cl)nc2ccccc12. The first-order valence-electron chi connectivity index (χ1n) is 8.72. The third-order valence-corrected chi connectivity index (χ3v) is 4.86. The molecule has 0 aliphatic carbocycles. The van der Waals surface area contributed by atoms with Gasteiger partial charge in [-0.25, -0.2) is 9.78 Å². The molecule has 0 atom stereocenters. The zero-order valence-corrected chi connectivity index (χ0v) is 17.3. The summed E-state index contributed by atoms with van der Waals surface area (Å²) in [5.41, 5.74) is 1.54. The van der Waals surface area contributed by atoms with E-state index in [1.54, 1.807) is 57.2 Å². The van der Waals surface area contributed by atoms with Gasteiger partial charge in [-0.05, 0) is 30.3 Å². The summed E-state index contributed by atoms with van der Waals surface area (Å²) in [4.78, 5) is 29.5. The number of esters is 1. The van der Waals surface area contributed by atoms with Crippen molar-refractivity contribution in [3.8, 4) is 11.3 Å². The van der Waals surface area contributed by atoms with Gasteiger partial charge in [0.05, 0.1) is 21.8 Å². The average Bonchev–Trinajstić information content (AvgIpc) is 2.64. The molecule has 0 amide bonds. The maximum absolute atomic E-state index is 12.8. The summed E-state index contributed by atoms with van der Waals surface area (Å²) in [7, 11) is 0. The lowest BCUT2D eigenvalue weighted by atomic mass is 9.91. The Hall–Kier alpha value is -2.43. The quantitative estimate of drug-likeness (QED) is 0.491. The topological polar surface area (TPSA) is 56.3 Å². The predicted octanol–water partition coefficient (Wildman–Crippen LogP) is 5.98. The number of Topliss-reactive ketones (excluding diaryl/α,β-unsaturated/α-hetero) is 1. The summed E-state index contributed by atoms with van der Waals surface area (Å²) in [6.07, 6.45) is 0. The molecule has 0 aliphatic rings. The summed E-state index contributed by atoms with van der Waals surface area (Å²) in [5, 5.41) is 1.58. The van der Waals surface area contributed by atoms with Crippen LogP contribution in [0.15, 0.2) is 48.5 Å². The molecule has 144 valence electrons. The fraction of sp³-hybridized carbons (Fsp3) is 0.227. The molecule has 0 saturated carbocycles. The number of fused-ring (bicyclic) bond motifs is 1. The summed E-state index contributed by atoms with van der Waals surface area (Å²) in [6.45, 7) is 5.07. The predicted molar refractivity (Wildman–Crippen MR) is 112 cm³/mol. The fourth-order valence-electron chi connectivity index (χ4n) is 2.60. The van der Waals surface area contributed by atoms with E-state index in [9.17, 15) is 9.59 Å². The van der Waals surface area contributed by atoms with Crippen LogP contribution in [0.3, 0.4) is 0 Å². The van der Waals surface area contributed by atoms with Crippen molar-refractivity contribution >= 4 is 45.9 Å². The Labute approximate surface area is 173 Å². The first-order chi connectivity index (χ1) is 13.2. The van der Waals surface area contributed by atoms with Crippen molar-refractivity contribution < 1.29 is 14.3 Å². The number of hydrogen-bond donors (Lipinski definition) is 0. The van der Waals surface area contributed by atoms with Gasteiger partial charge < -0.3 is 4.74 Å². The van der Waals surface area contributed by atoms with Gasteiger partial charge >= 0.3 is 5.97 Å². The molecule has 0 aliphatic heterocycles. The monoisotopic (exact) mass is 415 g/mol. The lowest BCUT2D eigenvalue weighted by Crippen LogP contribution is -2.26. The Bertz CT molecular complexity index is 1070. The second-order valence-corrected chi connectivity index (χ2v) is 8.29. The van der Waals surface area contributed by atoms with E-state index in [1.165, 1.54) is 0 Å². The summed E-state index contributed by atoms with van der Waals surface area (Å²) in [6, 6.07) is 13.9. The lowest BCUT2D eigenvalue weighted by molar-refractivity contribution is -0.129. The van der Waals surface area contributed by atoms with E-state index in [4.69, 9.17) is 27.9 Å². The summed E-state index contributed by atoms with van der Waals surface area (Å²) >= 11 is 12.3. The number of pyridine rings is 1. The molecule has 3 aromatic rings. The molecule has 2 aromatic carbocycles. The van der Waals surface area contributed by atoms with Crippen molar-refractivity contribution in [1.82, 2.24) is 4.98 Å². The van der Waals surface area contributed by atoms with Gasteiger partial charge in [0, 0.05) is 21.4 Å². The third-order valence-electron chi connectivity index (χ3n) is 4.31. The largest absolute Gasteiger partial charge is 0.454 e. The van der Waals surface area contributed by atoms with E-state index < -0.39 is 11.4 Å². The minimum Gasteiger partial charge on any atom is -0.454 e. The van der Waals surface area contributed by atoms with Gasteiger partial charge in [-0.3, -0.25) is 4.79 Å². The minimum atomic E-state index is -0.581. The Balaban J connectivity index is 2.03. The van der Waals surface area contributed by atoms with Crippen LogP contribution in [0.5, 0.6) is 0 Å². The summed E-state index contributed by atoms with van der Waals surface area (Å²) in [5.74, 6) is -0.734. The lowest BCUT2D eigenvalue weighted by Gasteiger charge is -2.16. The van der Waals surface area contributed by atoms with Gasteiger partial charge in [0.25, 0.3) is 0 Å². The molecule has 28 heavy (non-hydrogen) atoms. The number of hydrogen-bond acceptors (Lipinski definition) is 4. The zero-order valence-electron chi connectivity index (χ0n) is 15.8. The van der Waals surface area contributed by atoms with Crippen LogP contribution in [0.4, 0.5) is 0 Å². The number of aromatic nitrogens is 1. The second kappa shape index (κ2) is 7.90. The molecular formula is C22H19Cl2NO3. The maximum atomic E-state index is 12.8. The Morgan fingerprint density at radius 2 is 1.75 bits per heavy atom. The number of ketones is 1. The Morgan fingerprint density at radius 1 is 1.04 bits per heavy atom. The number of ether oxygens (including phenoxy) is 1. The van der Waals surface area contributed by atoms with Crippen LogP contribution in [-0.4, -0.2) is 23.3 Å². The van der Waals surface area contributed by atoms with Gasteiger partial charge in [0.15, 0.2) is 12.4 Å². The van der Waals surface area contributed by atoms with Crippen molar-refractivity contribution in [2.24, 2.45) is 5.41 Å². The number of carbonyl (C=O) groups is 2. The van der Waals surface area contributed by atoms with Crippen molar-refractivity contribution in [3.63, 3.8) is 0 Å². The van der Waals surface area contributed by atoms with Gasteiger partial charge in [0.2, 0.25) is 0 Å². The van der Waals surface area contributed by atoms with Gasteiger partial charge in [-0.2, -0.15) is 0 Å². The Morgan fingerprint density at radius 3 is 2.43 bits per heavy atom. The van der Waals surface area contributed by atoms with Crippen LogP contribution in [0, 0.1) is 5.41 Å². The first-order valence-corrected chi connectivity index (χ1v) is 9.48. The number of halogens is 2. The number of nitrogens with zero attached hydrogens (tertiary/aromatic N) is 1. The van der Waals surface area contributed by atoms with Crippen molar-refractivity contribution in [1.29, 1.82) is 0 Å². The molecule has 0 N–H and O–H groups in total. The van der Waals surface area contributed by atoms with Crippen molar-refractivity contribution in [2.45, 2.75) is 20.8 Å². The van der Waals surface area contributed by atoms with E-state index in [0.29, 0.717) is 37.8 Å². The van der Waals surface area contributed by atoms with E-state index in [0.717, 1.165) is 0 Å². The maximum Gasteiger partial charge on any atom is 0.339 e. The molecule has 6 heteroatoms. The first kappa shape index (κ1) is 20.3. The van der Waals surface area contributed by atoms with Crippen LogP contribution in [0.1, 0.15) is 31.1 Å². The molecular weight excluding hydrogens is 397 g/mol. The third kappa shape index (κ3) is 4.34. The highest BCUT2D eigenvalue weighted by Crippen LogP contribution is 2.32. The number of carbonyl (C=O) groups excluding carboxylic acids is 2. The number of para-hydroxylation sites is 1. The molecule has 0 radical (unpaired) electrons. The van der Waals surface area contributed by atoms with E-state index >= 15 is 0 Å². The normalized spacial score (nSPS) is 11.5. The van der Waals surface area contributed by atoms with Crippen LogP contribution < -0.4 is 0 Å². The zero-order chi connectivity index (χ0) is 20.5. The van der Waals surface area contributed by atoms with Crippen LogP contribution in [-0.2, 0) is 9.53 Å². The fourth-order valence-corrected chi connectivity index (χ4v) is 3.11. The van der Waals surface area contributed by atoms with Crippen LogP contribution in [0.25, 0.3) is 22.2 Å². The molecule has 0 unspecified atom stereocenters. The molecule has 0 bridgehead atoms. The molecule has 1 aromatic heterocycles. The Kier molecular flexibility index (Phi) is 5.73. The van der Waals surface area contributed by atoms with Crippen molar-refractivity contribution in [2.75, 3.05) is 6.61 Å². The van der Waals surface area contributed by atoms with Crippen LogP contribution >= 0.6 is 23.2 Å². The second-order valence-electron chi connectivity index (χ2n) is 7.45. The van der Waals surface area contributed by atoms with E-state index in [2.05, 4.69) is 4.98 Å². The average molecular weight is 416 g/mol. The molecule has 0 saturated heterocycles. The molecule has 0 spiro atoms. The highest BCUT2D eigenvalue weighted by atomic mass is 35.5. The van der Waals surface area contributed by atoms with E-state index in [-0.39, 0.29) is 12.4 Å². The standard InChI is InChI=1S/C22H19Cl2NO3/c1-22(2,3)20(26)12-28-21(27)16-11-19(15-9-8-13(23)10-17(15)24)25-18-7-5-4-6-14(16)18/h4-11H,12H2,1-3H3. The highest BCUT2D eigenvalue weighted by Gasteiger charge is 2.24. The van der Waals surface area contributed by atoms with Crippen molar-refractivity contribution in [3.05, 3.63) is 64.1 Å². The molecule has 4 nitrogen and oxygen atoms in total. The molecule has 0 fully saturated rings. The number of benzene rings is 2. The molecule has 1 heterocycles. The van der Waals surface area contributed by atoms with Gasteiger partial charge in [0.1, 0.15) is 0 Å². The van der Waals surface area contributed by atoms with Gasteiger partial charge in [-0.15, -0.1) is 0 Å². The molecule has 3 rings (SSSR count). The highest BCUT2D eigenvalue weighted by molar-refractivity contribution is 6.36. The van der Waals surface area contributed by atoms with E-state index in [1.807, 2.05) is 12.1 Å². The summed E-state index contributed by atoms with van der Waals surface area (Å²) < 4.78 is 5.29. The minimum absolute atomic E-state index is 0.153. The van der Waals surface area contributed by atoms with Crippen LogP contribution in [0.2, 0.25) is 10.0 Å². The smallest absolute Gasteiger partial charge is 0.339 e.